The highest BCUT2D eigenvalue weighted by Crippen LogP contribution is 2.21. The standard InChI is InChI=1S/C21H25N3O4S/c25-20(23-16-17-6-2-1-3-7-17)12-13-22-21(26)18-8-10-19(11-9-18)29(27,28)24-14-4-5-15-24/h1-3,6-11H,4-5,12-16H2,(H,22,26)(H,23,25). The Morgan fingerprint density at radius 2 is 1.55 bits per heavy atom. The fraction of sp³-hybridized carbons (Fsp3) is 0.333. The molecule has 0 radical (unpaired) electrons. The first kappa shape index (κ1) is 21.0. The van der Waals surface area contributed by atoms with Gasteiger partial charge < -0.3 is 10.6 Å². The molecule has 0 aliphatic carbocycles. The van der Waals surface area contributed by atoms with Crippen LogP contribution in [0.2, 0.25) is 0 Å². The molecule has 0 aromatic heterocycles. The maximum atomic E-state index is 12.5. The Bertz CT molecular complexity index is 938. The lowest BCUT2D eigenvalue weighted by molar-refractivity contribution is -0.121. The first-order valence-corrected chi connectivity index (χ1v) is 11.1. The van der Waals surface area contributed by atoms with E-state index in [-0.39, 0.29) is 29.7 Å². The Kier molecular flexibility index (Phi) is 7.00. The molecule has 2 amide bonds. The molecule has 1 heterocycles. The third kappa shape index (κ3) is 5.65. The van der Waals surface area contributed by atoms with E-state index in [9.17, 15) is 18.0 Å². The van der Waals surface area contributed by atoms with Gasteiger partial charge in [-0.3, -0.25) is 9.59 Å². The van der Waals surface area contributed by atoms with Gasteiger partial charge in [-0.15, -0.1) is 0 Å². The van der Waals surface area contributed by atoms with Gasteiger partial charge in [-0.2, -0.15) is 4.31 Å². The molecule has 1 aliphatic heterocycles. The van der Waals surface area contributed by atoms with Crippen molar-refractivity contribution in [2.75, 3.05) is 19.6 Å². The molecular weight excluding hydrogens is 390 g/mol. The second-order valence-corrected chi connectivity index (χ2v) is 8.84. The molecule has 1 aliphatic rings. The van der Waals surface area contributed by atoms with Crippen molar-refractivity contribution in [1.29, 1.82) is 0 Å². The molecule has 1 fully saturated rings. The Labute approximate surface area is 171 Å². The number of hydrogen-bond donors (Lipinski definition) is 2. The lowest BCUT2D eigenvalue weighted by Crippen LogP contribution is -2.30. The van der Waals surface area contributed by atoms with E-state index in [2.05, 4.69) is 10.6 Å². The van der Waals surface area contributed by atoms with Crippen LogP contribution in [0.25, 0.3) is 0 Å². The number of nitrogens with one attached hydrogen (secondary N) is 2. The van der Waals surface area contributed by atoms with E-state index in [0.717, 1.165) is 18.4 Å². The van der Waals surface area contributed by atoms with Crippen molar-refractivity contribution in [3.63, 3.8) is 0 Å². The van der Waals surface area contributed by atoms with Crippen LogP contribution in [0, 0.1) is 0 Å². The van der Waals surface area contributed by atoms with Crippen LogP contribution in [0.5, 0.6) is 0 Å². The molecule has 8 heteroatoms. The van der Waals surface area contributed by atoms with Gasteiger partial charge in [0, 0.05) is 38.2 Å². The summed E-state index contributed by atoms with van der Waals surface area (Å²) in [5, 5.41) is 5.48. The van der Waals surface area contributed by atoms with Crippen molar-refractivity contribution >= 4 is 21.8 Å². The fourth-order valence-electron chi connectivity index (χ4n) is 3.13. The van der Waals surface area contributed by atoms with Crippen molar-refractivity contribution in [1.82, 2.24) is 14.9 Å². The summed E-state index contributed by atoms with van der Waals surface area (Å²) in [6.07, 6.45) is 1.91. The topological polar surface area (TPSA) is 95.6 Å². The fourth-order valence-corrected chi connectivity index (χ4v) is 4.65. The number of benzene rings is 2. The Morgan fingerprint density at radius 3 is 2.21 bits per heavy atom. The molecular formula is C21H25N3O4S. The molecule has 154 valence electrons. The predicted octanol–water partition coefficient (Wildman–Crippen LogP) is 1.91. The highest BCUT2D eigenvalue weighted by molar-refractivity contribution is 7.89. The molecule has 1 saturated heterocycles. The minimum atomic E-state index is -3.49. The molecule has 0 spiro atoms. The van der Waals surface area contributed by atoms with Crippen molar-refractivity contribution in [3.05, 3.63) is 65.7 Å². The molecule has 29 heavy (non-hydrogen) atoms. The van der Waals surface area contributed by atoms with Crippen LogP contribution in [0.3, 0.4) is 0 Å². The van der Waals surface area contributed by atoms with E-state index < -0.39 is 10.0 Å². The number of nitrogens with zero attached hydrogens (tertiary/aromatic N) is 1. The maximum absolute atomic E-state index is 12.5. The zero-order valence-electron chi connectivity index (χ0n) is 16.1. The zero-order chi connectivity index (χ0) is 20.7. The second kappa shape index (κ2) is 9.67. The molecule has 2 aromatic carbocycles. The van der Waals surface area contributed by atoms with Crippen LogP contribution in [0.4, 0.5) is 0 Å². The van der Waals surface area contributed by atoms with E-state index in [0.29, 0.717) is 25.2 Å². The molecule has 2 N–H and O–H groups in total. The SMILES string of the molecule is O=C(CCNC(=O)c1ccc(S(=O)(=O)N2CCCC2)cc1)NCc1ccccc1. The Morgan fingerprint density at radius 1 is 0.897 bits per heavy atom. The van der Waals surface area contributed by atoms with Gasteiger partial charge in [-0.25, -0.2) is 8.42 Å². The van der Waals surface area contributed by atoms with Crippen LogP contribution < -0.4 is 10.6 Å². The van der Waals surface area contributed by atoms with Gasteiger partial charge in [-0.05, 0) is 42.7 Å². The van der Waals surface area contributed by atoms with Crippen LogP contribution in [0.15, 0.2) is 59.5 Å². The largest absolute Gasteiger partial charge is 0.352 e. The lowest BCUT2D eigenvalue weighted by Gasteiger charge is -2.15. The summed E-state index contributed by atoms with van der Waals surface area (Å²) in [4.78, 5) is 24.3. The van der Waals surface area contributed by atoms with Gasteiger partial charge >= 0.3 is 0 Å². The summed E-state index contributed by atoms with van der Waals surface area (Å²) in [6, 6.07) is 15.5. The third-order valence-corrected chi connectivity index (χ3v) is 6.70. The molecule has 2 aromatic rings. The van der Waals surface area contributed by atoms with Crippen LogP contribution >= 0.6 is 0 Å². The van der Waals surface area contributed by atoms with Gasteiger partial charge in [0.2, 0.25) is 15.9 Å². The average Bonchev–Trinajstić information content (AvgIpc) is 3.29. The zero-order valence-corrected chi connectivity index (χ0v) is 17.0. The molecule has 0 bridgehead atoms. The molecule has 7 nitrogen and oxygen atoms in total. The highest BCUT2D eigenvalue weighted by Gasteiger charge is 2.27. The van der Waals surface area contributed by atoms with E-state index in [1.54, 1.807) is 0 Å². The molecule has 0 atom stereocenters. The first-order valence-electron chi connectivity index (χ1n) is 9.66. The average molecular weight is 416 g/mol. The number of sulfonamides is 1. The van der Waals surface area contributed by atoms with E-state index in [1.165, 1.54) is 28.6 Å². The summed E-state index contributed by atoms with van der Waals surface area (Å²) in [6.45, 7) is 1.72. The minimum absolute atomic E-state index is 0.152. The van der Waals surface area contributed by atoms with Crippen LogP contribution in [-0.2, 0) is 21.4 Å². The van der Waals surface area contributed by atoms with Gasteiger partial charge in [-0.1, -0.05) is 30.3 Å². The number of hydrogen-bond acceptors (Lipinski definition) is 4. The van der Waals surface area contributed by atoms with Crippen LogP contribution in [-0.4, -0.2) is 44.2 Å². The molecule has 3 rings (SSSR count). The third-order valence-electron chi connectivity index (χ3n) is 4.79. The van der Waals surface area contributed by atoms with Crippen molar-refractivity contribution in [2.45, 2.75) is 30.7 Å². The van der Waals surface area contributed by atoms with E-state index in [4.69, 9.17) is 0 Å². The normalized spacial score (nSPS) is 14.5. The smallest absolute Gasteiger partial charge is 0.251 e. The summed E-state index contributed by atoms with van der Waals surface area (Å²) < 4.78 is 26.5. The summed E-state index contributed by atoms with van der Waals surface area (Å²) >= 11 is 0. The summed E-state index contributed by atoms with van der Waals surface area (Å²) in [5.41, 5.74) is 1.36. The van der Waals surface area contributed by atoms with E-state index in [1.807, 2.05) is 30.3 Å². The van der Waals surface area contributed by atoms with Gasteiger partial charge in [0.1, 0.15) is 0 Å². The number of rotatable bonds is 8. The lowest BCUT2D eigenvalue weighted by atomic mass is 10.2. The van der Waals surface area contributed by atoms with Gasteiger partial charge in [0.15, 0.2) is 0 Å². The molecule has 0 saturated carbocycles. The first-order chi connectivity index (χ1) is 14.0. The monoisotopic (exact) mass is 415 g/mol. The van der Waals surface area contributed by atoms with Crippen molar-refractivity contribution in [2.24, 2.45) is 0 Å². The van der Waals surface area contributed by atoms with Crippen molar-refractivity contribution in [3.8, 4) is 0 Å². The predicted molar refractivity (Wildman–Crippen MR) is 110 cm³/mol. The number of amides is 2. The summed E-state index contributed by atoms with van der Waals surface area (Å²) in [5.74, 6) is -0.493. The quantitative estimate of drug-likeness (QED) is 0.688. The minimum Gasteiger partial charge on any atom is -0.352 e. The second-order valence-electron chi connectivity index (χ2n) is 6.90. The summed E-state index contributed by atoms with van der Waals surface area (Å²) in [7, 11) is -3.49. The number of carbonyl (C=O) groups excluding carboxylic acids is 2. The Hall–Kier alpha value is -2.71. The highest BCUT2D eigenvalue weighted by atomic mass is 32.2. The van der Waals surface area contributed by atoms with Crippen molar-refractivity contribution < 1.29 is 18.0 Å². The molecule has 0 unspecified atom stereocenters. The Balaban J connectivity index is 1.45. The van der Waals surface area contributed by atoms with Gasteiger partial charge in [0.25, 0.3) is 5.91 Å². The van der Waals surface area contributed by atoms with Crippen LogP contribution in [0.1, 0.15) is 35.2 Å². The number of carbonyl (C=O) groups is 2. The van der Waals surface area contributed by atoms with E-state index >= 15 is 0 Å². The maximum Gasteiger partial charge on any atom is 0.251 e. The van der Waals surface area contributed by atoms with Gasteiger partial charge in [0.05, 0.1) is 4.90 Å².